The van der Waals surface area contributed by atoms with E-state index in [4.69, 9.17) is 38.5 Å². The monoisotopic (exact) mass is 362 g/mol. The number of nitriles is 2. The van der Waals surface area contributed by atoms with Gasteiger partial charge in [0.2, 0.25) is 0 Å². The Morgan fingerprint density at radius 1 is 1.12 bits per heavy atom. The van der Waals surface area contributed by atoms with Gasteiger partial charge in [-0.1, -0.05) is 41.4 Å². The van der Waals surface area contributed by atoms with Gasteiger partial charge in [-0.2, -0.15) is 10.5 Å². The van der Waals surface area contributed by atoms with E-state index in [2.05, 4.69) is 0 Å². The number of hydrogen-bond donors (Lipinski definition) is 1. The number of rotatable bonds is 5. The lowest BCUT2D eigenvalue weighted by molar-refractivity contribution is 0.182. The Hall–Kier alpha value is -2.24. The maximum atomic E-state index is 9.80. The molecule has 0 heterocycles. The van der Waals surface area contributed by atoms with Gasteiger partial charge in [0.25, 0.3) is 0 Å². The number of nitrogens with zero attached hydrogens (tertiary/aromatic N) is 2. The van der Waals surface area contributed by atoms with Gasteiger partial charge < -0.3 is 9.84 Å². The van der Waals surface area contributed by atoms with Crippen LogP contribution in [0.3, 0.4) is 0 Å². The van der Waals surface area contributed by atoms with Gasteiger partial charge in [0.05, 0.1) is 24.7 Å². The molecule has 2 rings (SSSR count). The molecule has 124 valence electrons. The maximum absolute atomic E-state index is 9.80. The van der Waals surface area contributed by atoms with Gasteiger partial charge in [-0.3, -0.25) is 0 Å². The van der Waals surface area contributed by atoms with Gasteiger partial charge in [0.1, 0.15) is 12.4 Å². The Kier molecular flexibility index (Phi) is 8.68. The van der Waals surface area contributed by atoms with Crippen molar-refractivity contribution in [3.63, 3.8) is 0 Å². The summed E-state index contributed by atoms with van der Waals surface area (Å²) in [7, 11) is 0. The van der Waals surface area contributed by atoms with Crippen LogP contribution in [0, 0.1) is 22.7 Å². The van der Waals surface area contributed by atoms with Crippen LogP contribution in [0.15, 0.2) is 42.5 Å². The van der Waals surface area contributed by atoms with E-state index in [1.807, 2.05) is 6.07 Å². The molecule has 0 saturated carbocycles. The van der Waals surface area contributed by atoms with Gasteiger partial charge in [-0.05, 0) is 29.8 Å². The summed E-state index contributed by atoms with van der Waals surface area (Å²) in [6.45, 7) is 1.66. The first kappa shape index (κ1) is 19.8. The highest BCUT2D eigenvalue weighted by atomic mass is 35.5. The minimum atomic E-state index is -0.817. The third-order valence-electron chi connectivity index (χ3n) is 2.97. The van der Waals surface area contributed by atoms with Crippen LogP contribution in [0.4, 0.5) is 0 Å². The molecule has 0 saturated heterocycles. The van der Waals surface area contributed by atoms with E-state index < -0.39 is 6.10 Å². The van der Waals surface area contributed by atoms with Crippen LogP contribution in [0.2, 0.25) is 10.0 Å². The Labute approximate surface area is 151 Å². The largest absolute Gasteiger partial charge is 0.489 e. The minimum absolute atomic E-state index is 0.0415. The van der Waals surface area contributed by atoms with Crippen molar-refractivity contribution >= 4 is 23.2 Å². The van der Waals surface area contributed by atoms with E-state index in [9.17, 15) is 5.11 Å². The molecule has 0 aliphatic rings. The summed E-state index contributed by atoms with van der Waals surface area (Å²) in [6.07, 6.45) is -0.776. The zero-order valence-corrected chi connectivity index (χ0v) is 14.6. The molecule has 0 fully saturated rings. The molecule has 1 N–H and O–H groups in total. The predicted octanol–water partition coefficient (Wildman–Crippen LogP) is 5.05. The van der Waals surface area contributed by atoms with Crippen LogP contribution in [-0.4, -0.2) is 5.11 Å². The van der Waals surface area contributed by atoms with Crippen molar-refractivity contribution in [3.05, 3.63) is 63.6 Å². The van der Waals surface area contributed by atoms with E-state index in [-0.39, 0.29) is 13.0 Å². The van der Waals surface area contributed by atoms with E-state index in [1.54, 1.807) is 48.5 Å². The maximum Gasteiger partial charge on any atom is 0.120 e. The lowest BCUT2D eigenvalue weighted by Crippen LogP contribution is -2.00. The van der Waals surface area contributed by atoms with Crippen molar-refractivity contribution in [2.75, 3.05) is 0 Å². The van der Waals surface area contributed by atoms with Gasteiger partial charge in [-0.25, -0.2) is 0 Å². The summed E-state index contributed by atoms with van der Waals surface area (Å²) < 4.78 is 5.66. The van der Waals surface area contributed by atoms with Crippen LogP contribution in [0.1, 0.15) is 30.6 Å². The van der Waals surface area contributed by atoms with Crippen LogP contribution in [-0.2, 0) is 6.61 Å². The summed E-state index contributed by atoms with van der Waals surface area (Å²) in [5.74, 6) is 0.584. The Morgan fingerprint density at radius 3 is 2.29 bits per heavy atom. The van der Waals surface area contributed by atoms with Crippen molar-refractivity contribution in [1.82, 2.24) is 0 Å². The van der Waals surface area contributed by atoms with Crippen molar-refractivity contribution in [3.8, 4) is 17.9 Å². The first-order chi connectivity index (χ1) is 11.5. The second-order valence-corrected chi connectivity index (χ2v) is 5.48. The second kappa shape index (κ2) is 10.5. The molecule has 1 unspecified atom stereocenters. The highest BCUT2D eigenvalue weighted by molar-refractivity contribution is 6.35. The van der Waals surface area contributed by atoms with E-state index in [1.165, 1.54) is 6.92 Å². The van der Waals surface area contributed by atoms with Crippen LogP contribution in [0.5, 0.6) is 5.75 Å². The van der Waals surface area contributed by atoms with E-state index in [0.717, 1.165) is 0 Å². The topological polar surface area (TPSA) is 77.0 Å². The third-order valence-corrected chi connectivity index (χ3v) is 3.68. The number of halogens is 2. The average molecular weight is 363 g/mol. The third kappa shape index (κ3) is 6.10. The molecule has 0 aromatic heterocycles. The number of aliphatic hydroxyl groups excluding tert-OH is 1. The Balaban J connectivity index is 0.000000891. The molecular formula is C18H16Cl2N2O2. The normalized spacial score (nSPS) is 10.6. The smallest absolute Gasteiger partial charge is 0.120 e. The van der Waals surface area contributed by atoms with E-state index in [0.29, 0.717) is 26.9 Å². The van der Waals surface area contributed by atoms with Gasteiger partial charge in [-0.15, -0.1) is 0 Å². The summed E-state index contributed by atoms with van der Waals surface area (Å²) in [6, 6.07) is 15.9. The molecular weight excluding hydrogens is 347 g/mol. The van der Waals surface area contributed by atoms with E-state index >= 15 is 0 Å². The van der Waals surface area contributed by atoms with Gasteiger partial charge in [0.15, 0.2) is 0 Å². The Morgan fingerprint density at radius 2 is 1.71 bits per heavy atom. The number of aliphatic hydroxyl groups is 1. The van der Waals surface area contributed by atoms with Crippen LogP contribution in [0.25, 0.3) is 0 Å². The molecule has 2 aromatic carbocycles. The average Bonchev–Trinajstić information content (AvgIpc) is 2.56. The zero-order valence-electron chi connectivity index (χ0n) is 13.0. The number of benzene rings is 2. The fourth-order valence-corrected chi connectivity index (χ4v) is 2.35. The molecule has 1 atom stereocenters. The molecule has 0 spiro atoms. The van der Waals surface area contributed by atoms with Crippen molar-refractivity contribution < 1.29 is 9.84 Å². The number of ether oxygens (including phenoxy) is 1. The summed E-state index contributed by atoms with van der Waals surface area (Å²) in [4.78, 5) is 0. The van der Waals surface area contributed by atoms with Crippen molar-refractivity contribution in [1.29, 1.82) is 10.5 Å². The van der Waals surface area contributed by atoms with Crippen molar-refractivity contribution in [2.24, 2.45) is 0 Å². The highest BCUT2D eigenvalue weighted by Crippen LogP contribution is 2.27. The lowest BCUT2D eigenvalue weighted by Gasteiger charge is -2.12. The minimum Gasteiger partial charge on any atom is -0.489 e. The Bertz CT molecular complexity index is 731. The SMILES string of the molecule is CC#N.N#CCC(O)c1cccc(OCc2c(Cl)cccc2Cl)c1. The van der Waals surface area contributed by atoms with Gasteiger partial charge >= 0.3 is 0 Å². The molecule has 0 aliphatic heterocycles. The predicted molar refractivity (Wildman–Crippen MR) is 93.7 cm³/mol. The molecule has 4 nitrogen and oxygen atoms in total. The van der Waals surface area contributed by atoms with Crippen LogP contribution < -0.4 is 4.74 Å². The summed E-state index contributed by atoms with van der Waals surface area (Å²) >= 11 is 12.2. The molecule has 24 heavy (non-hydrogen) atoms. The fraction of sp³-hybridized carbons (Fsp3) is 0.222. The zero-order chi connectivity index (χ0) is 17.9. The quantitative estimate of drug-likeness (QED) is 0.806. The fourth-order valence-electron chi connectivity index (χ4n) is 1.84. The highest BCUT2D eigenvalue weighted by Gasteiger charge is 2.09. The van der Waals surface area contributed by atoms with Crippen LogP contribution >= 0.6 is 23.2 Å². The van der Waals surface area contributed by atoms with Gasteiger partial charge in [0, 0.05) is 22.5 Å². The molecule has 0 bridgehead atoms. The number of hydrogen-bond acceptors (Lipinski definition) is 4. The molecule has 0 radical (unpaired) electrons. The first-order valence-electron chi connectivity index (χ1n) is 7.05. The van der Waals surface area contributed by atoms with Crippen molar-refractivity contribution in [2.45, 2.75) is 26.1 Å². The summed E-state index contributed by atoms with van der Waals surface area (Å²) in [5, 5.41) is 26.8. The standard InChI is InChI=1S/C16H13Cl2NO2.C2H3N/c17-14-5-2-6-15(18)13(14)10-21-12-4-1-3-11(9-12)16(20)7-8-19;1-2-3/h1-6,9,16,20H,7,10H2;1H3. The lowest BCUT2D eigenvalue weighted by atomic mass is 10.1. The molecule has 6 heteroatoms. The molecule has 0 amide bonds. The summed E-state index contributed by atoms with van der Waals surface area (Å²) in [5.41, 5.74) is 1.35. The second-order valence-electron chi connectivity index (χ2n) is 4.66. The molecule has 2 aromatic rings. The first-order valence-corrected chi connectivity index (χ1v) is 7.80. The molecule has 0 aliphatic carbocycles.